The lowest BCUT2D eigenvalue weighted by molar-refractivity contribution is -0.123. The number of hydrogen-bond donors (Lipinski definition) is 0. The van der Waals surface area contributed by atoms with Crippen molar-refractivity contribution >= 4 is 5.78 Å². The zero-order valence-electron chi connectivity index (χ0n) is 15.0. The van der Waals surface area contributed by atoms with Crippen LogP contribution in [0.2, 0.25) is 0 Å². The van der Waals surface area contributed by atoms with Gasteiger partial charge in [0.25, 0.3) is 0 Å². The highest BCUT2D eigenvalue weighted by atomic mass is 16.1. The molecule has 1 fully saturated rings. The number of carbonyl (C=O) groups excluding carboxylic acids is 1. The zero-order valence-corrected chi connectivity index (χ0v) is 15.0. The van der Waals surface area contributed by atoms with Crippen LogP contribution in [0.4, 0.5) is 0 Å². The minimum atomic E-state index is -0.557. The van der Waals surface area contributed by atoms with Crippen LogP contribution in [0.3, 0.4) is 0 Å². The number of ketones is 1. The first-order valence-electron chi connectivity index (χ1n) is 8.87. The third-order valence-electron chi connectivity index (χ3n) is 5.70. The Bertz CT molecular complexity index is 647. The quantitative estimate of drug-likeness (QED) is 0.751. The fourth-order valence-electron chi connectivity index (χ4n) is 3.96. The smallest absolute Gasteiger partial charge is 0.147 e. The van der Waals surface area contributed by atoms with Crippen molar-refractivity contribution in [3.8, 4) is 0 Å². The Kier molecular flexibility index (Phi) is 4.60. The SMILES string of the molecule is CCC(=O)C(CC1(N(C)C)CC1)(c1ccccc1)c1ccccc1. The van der Waals surface area contributed by atoms with Gasteiger partial charge in [-0.1, -0.05) is 67.6 Å². The van der Waals surface area contributed by atoms with Crippen LogP contribution in [-0.2, 0) is 10.2 Å². The number of Topliss-reactive ketones (excluding diaryl/α,β-unsaturated/α-hetero) is 1. The molecule has 3 rings (SSSR count). The molecule has 2 heteroatoms. The molecule has 1 aliphatic rings. The molecule has 2 aromatic rings. The van der Waals surface area contributed by atoms with Crippen LogP contribution in [-0.4, -0.2) is 30.3 Å². The number of nitrogens with zero attached hydrogens (tertiary/aromatic N) is 1. The van der Waals surface area contributed by atoms with E-state index in [1.807, 2.05) is 43.3 Å². The Hall–Kier alpha value is -1.93. The molecule has 0 amide bonds. The summed E-state index contributed by atoms with van der Waals surface area (Å²) in [7, 11) is 4.29. The highest BCUT2D eigenvalue weighted by Gasteiger charge is 2.54. The molecule has 0 atom stereocenters. The van der Waals surface area contributed by atoms with Crippen LogP contribution in [0.1, 0.15) is 43.7 Å². The van der Waals surface area contributed by atoms with Crippen molar-refractivity contribution in [3.05, 3.63) is 71.8 Å². The van der Waals surface area contributed by atoms with E-state index in [1.54, 1.807) is 0 Å². The van der Waals surface area contributed by atoms with Gasteiger partial charge in [0, 0.05) is 12.0 Å². The second kappa shape index (κ2) is 6.52. The van der Waals surface area contributed by atoms with E-state index in [-0.39, 0.29) is 5.54 Å². The van der Waals surface area contributed by atoms with Gasteiger partial charge in [-0.25, -0.2) is 0 Å². The summed E-state index contributed by atoms with van der Waals surface area (Å²) in [5, 5.41) is 0. The molecule has 2 aromatic carbocycles. The first kappa shape index (κ1) is 16.9. The van der Waals surface area contributed by atoms with Crippen LogP contribution >= 0.6 is 0 Å². The first-order valence-corrected chi connectivity index (χ1v) is 8.87. The molecule has 0 aliphatic heterocycles. The van der Waals surface area contributed by atoms with E-state index < -0.39 is 5.41 Å². The molecular weight excluding hydrogens is 294 g/mol. The third kappa shape index (κ3) is 2.80. The van der Waals surface area contributed by atoms with Crippen molar-refractivity contribution in [2.75, 3.05) is 14.1 Å². The Morgan fingerprint density at radius 3 is 1.75 bits per heavy atom. The lowest BCUT2D eigenvalue weighted by atomic mass is 9.66. The average molecular weight is 321 g/mol. The topological polar surface area (TPSA) is 20.3 Å². The summed E-state index contributed by atoms with van der Waals surface area (Å²) in [5.74, 6) is 0.313. The lowest BCUT2D eigenvalue weighted by Crippen LogP contribution is -2.45. The van der Waals surface area contributed by atoms with E-state index in [0.717, 1.165) is 17.5 Å². The van der Waals surface area contributed by atoms with Crippen LogP contribution in [0.15, 0.2) is 60.7 Å². The second-order valence-electron chi connectivity index (χ2n) is 7.21. The monoisotopic (exact) mass is 321 g/mol. The standard InChI is InChI=1S/C22H27NO/c1-4-20(24)22(18-11-7-5-8-12-18,19-13-9-6-10-14-19)17-21(15-16-21)23(2)3/h5-14H,4,15-17H2,1-3H3. The Morgan fingerprint density at radius 2 is 1.42 bits per heavy atom. The molecule has 0 radical (unpaired) electrons. The molecule has 24 heavy (non-hydrogen) atoms. The fraction of sp³-hybridized carbons (Fsp3) is 0.409. The minimum Gasteiger partial charge on any atom is -0.304 e. The summed E-state index contributed by atoms with van der Waals surface area (Å²) in [6.45, 7) is 1.98. The maximum absolute atomic E-state index is 13.3. The van der Waals surface area contributed by atoms with Crippen molar-refractivity contribution in [1.82, 2.24) is 4.90 Å². The van der Waals surface area contributed by atoms with Gasteiger partial charge in [0.15, 0.2) is 0 Å². The highest BCUT2D eigenvalue weighted by Crippen LogP contribution is 2.52. The lowest BCUT2D eigenvalue weighted by Gasteiger charge is -2.39. The van der Waals surface area contributed by atoms with Crippen LogP contribution in [0.25, 0.3) is 0 Å². The molecule has 126 valence electrons. The predicted octanol–water partition coefficient (Wildman–Crippen LogP) is 4.44. The number of rotatable bonds is 7. The van der Waals surface area contributed by atoms with Gasteiger partial charge < -0.3 is 4.90 Å². The summed E-state index contributed by atoms with van der Waals surface area (Å²) < 4.78 is 0. The van der Waals surface area contributed by atoms with Gasteiger partial charge in [0.2, 0.25) is 0 Å². The largest absolute Gasteiger partial charge is 0.304 e. The van der Waals surface area contributed by atoms with Crippen LogP contribution in [0.5, 0.6) is 0 Å². The van der Waals surface area contributed by atoms with Crippen molar-refractivity contribution in [2.24, 2.45) is 0 Å². The van der Waals surface area contributed by atoms with E-state index in [0.29, 0.717) is 12.2 Å². The summed E-state index contributed by atoms with van der Waals surface area (Å²) in [6.07, 6.45) is 3.73. The molecule has 1 aliphatic carbocycles. The van der Waals surface area contributed by atoms with E-state index in [1.165, 1.54) is 12.8 Å². The van der Waals surface area contributed by atoms with Gasteiger partial charge in [0.1, 0.15) is 5.78 Å². The van der Waals surface area contributed by atoms with Gasteiger partial charge in [-0.2, -0.15) is 0 Å². The van der Waals surface area contributed by atoms with Gasteiger partial charge in [-0.15, -0.1) is 0 Å². The van der Waals surface area contributed by atoms with Crippen LogP contribution in [0, 0.1) is 0 Å². The van der Waals surface area contributed by atoms with Crippen molar-refractivity contribution in [2.45, 2.75) is 43.6 Å². The normalized spacial score (nSPS) is 16.2. The minimum absolute atomic E-state index is 0.135. The molecule has 2 nitrogen and oxygen atoms in total. The summed E-state index contributed by atoms with van der Waals surface area (Å²) in [6, 6.07) is 20.7. The Balaban J connectivity index is 2.20. The predicted molar refractivity (Wildman–Crippen MR) is 99.2 cm³/mol. The van der Waals surface area contributed by atoms with E-state index in [4.69, 9.17) is 0 Å². The summed E-state index contributed by atoms with van der Waals surface area (Å²) in [5.41, 5.74) is 1.82. The molecule has 0 N–H and O–H groups in total. The second-order valence-corrected chi connectivity index (χ2v) is 7.21. The number of carbonyl (C=O) groups is 1. The Labute approximate surface area is 145 Å². The molecule has 1 saturated carbocycles. The molecule has 0 spiro atoms. The molecular formula is C22H27NO. The maximum atomic E-state index is 13.3. The average Bonchev–Trinajstić information content (AvgIpc) is 3.41. The zero-order chi connectivity index (χ0) is 17.2. The van der Waals surface area contributed by atoms with Gasteiger partial charge in [-0.05, 0) is 44.5 Å². The first-order chi connectivity index (χ1) is 11.5. The van der Waals surface area contributed by atoms with Crippen LogP contribution < -0.4 is 0 Å². The van der Waals surface area contributed by atoms with Crippen molar-refractivity contribution in [1.29, 1.82) is 0 Å². The van der Waals surface area contributed by atoms with Gasteiger partial charge >= 0.3 is 0 Å². The van der Waals surface area contributed by atoms with E-state index in [9.17, 15) is 4.79 Å². The fourth-order valence-corrected chi connectivity index (χ4v) is 3.96. The summed E-state index contributed by atoms with van der Waals surface area (Å²) in [4.78, 5) is 15.7. The Morgan fingerprint density at radius 1 is 0.958 bits per heavy atom. The molecule has 0 heterocycles. The van der Waals surface area contributed by atoms with Crippen molar-refractivity contribution in [3.63, 3.8) is 0 Å². The highest BCUT2D eigenvalue weighted by molar-refractivity contribution is 5.94. The van der Waals surface area contributed by atoms with Crippen molar-refractivity contribution < 1.29 is 4.79 Å². The third-order valence-corrected chi connectivity index (χ3v) is 5.70. The number of benzene rings is 2. The maximum Gasteiger partial charge on any atom is 0.147 e. The summed E-state index contributed by atoms with van der Waals surface area (Å²) >= 11 is 0. The number of hydrogen-bond acceptors (Lipinski definition) is 2. The van der Waals surface area contributed by atoms with E-state index in [2.05, 4.69) is 43.3 Å². The van der Waals surface area contributed by atoms with Gasteiger partial charge in [-0.3, -0.25) is 4.79 Å². The van der Waals surface area contributed by atoms with Gasteiger partial charge in [0.05, 0.1) is 5.41 Å². The molecule has 0 bridgehead atoms. The van der Waals surface area contributed by atoms with E-state index >= 15 is 0 Å². The molecule has 0 aromatic heterocycles. The molecule has 0 unspecified atom stereocenters. The molecule has 0 saturated heterocycles.